The maximum Gasteiger partial charge on any atom is 0.244 e. The van der Waals surface area contributed by atoms with Gasteiger partial charge < -0.3 is 4.74 Å². The summed E-state index contributed by atoms with van der Waals surface area (Å²) in [7, 11) is -2.07. The van der Waals surface area contributed by atoms with Crippen LogP contribution >= 0.6 is 0 Å². The minimum Gasteiger partial charge on any atom is -0.492 e. The number of hydrogen-bond donors (Lipinski definition) is 1. The Hall–Kier alpha value is -1.07. The third kappa shape index (κ3) is 6.06. The van der Waals surface area contributed by atoms with Crippen molar-refractivity contribution in [2.75, 3.05) is 13.7 Å². The van der Waals surface area contributed by atoms with Crippen LogP contribution in [0.1, 0.15) is 51.0 Å². The molecule has 0 spiro atoms. The lowest BCUT2D eigenvalue weighted by Crippen LogP contribution is -2.19. The van der Waals surface area contributed by atoms with Gasteiger partial charge in [-0.15, -0.1) is 0 Å². The van der Waals surface area contributed by atoms with E-state index >= 15 is 0 Å². The van der Waals surface area contributed by atoms with Crippen molar-refractivity contribution >= 4 is 10.0 Å². The highest BCUT2D eigenvalue weighted by atomic mass is 32.2. The molecule has 0 amide bonds. The maximum atomic E-state index is 12.0. The van der Waals surface area contributed by atoms with E-state index in [9.17, 15) is 8.42 Å². The number of ether oxygens (including phenoxy) is 1. The zero-order valence-corrected chi connectivity index (χ0v) is 14.1. The predicted octanol–water partition coefficient (Wildman–Crippen LogP) is 3.64. The molecule has 0 bridgehead atoms. The molecule has 5 heteroatoms. The second-order valence-corrected chi connectivity index (χ2v) is 7.13. The van der Waals surface area contributed by atoms with Crippen molar-refractivity contribution < 1.29 is 13.2 Å². The predicted molar refractivity (Wildman–Crippen MR) is 86.3 cm³/mol. The van der Waals surface area contributed by atoms with Crippen molar-refractivity contribution in [3.05, 3.63) is 23.8 Å². The third-order valence-corrected chi connectivity index (χ3v) is 4.85. The third-order valence-electron chi connectivity index (χ3n) is 3.41. The van der Waals surface area contributed by atoms with Crippen LogP contribution in [-0.4, -0.2) is 22.1 Å². The van der Waals surface area contributed by atoms with Crippen molar-refractivity contribution in [2.24, 2.45) is 0 Å². The molecule has 1 aromatic carbocycles. The van der Waals surface area contributed by atoms with Gasteiger partial charge in [0, 0.05) is 0 Å². The minimum absolute atomic E-state index is 0.219. The fraction of sp³-hybridized carbons (Fsp3) is 0.625. The van der Waals surface area contributed by atoms with Gasteiger partial charge in [-0.05, 0) is 38.1 Å². The van der Waals surface area contributed by atoms with Crippen molar-refractivity contribution in [2.45, 2.75) is 57.3 Å². The van der Waals surface area contributed by atoms with Crippen LogP contribution in [0.25, 0.3) is 0 Å². The van der Waals surface area contributed by atoms with Crippen molar-refractivity contribution in [1.82, 2.24) is 4.72 Å². The van der Waals surface area contributed by atoms with Crippen LogP contribution in [-0.2, 0) is 10.0 Å². The highest BCUT2D eigenvalue weighted by Crippen LogP contribution is 2.25. The summed E-state index contributed by atoms with van der Waals surface area (Å²) >= 11 is 0. The number of unbranched alkanes of at least 4 members (excludes halogenated alkanes) is 5. The molecule has 0 fully saturated rings. The molecule has 0 heterocycles. The van der Waals surface area contributed by atoms with Gasteiger partial charge in [-0.3, -0.25) is 0 Å². The second kappa shape index (κ2) is 9.05. The van der Waals surface area contributed by atoms with Gasteiger partial charge in [0.05, 0.1) is 6.61 Å². The van der Waals surface area contributed by atoms with Crippen LogP contribution in [0, 0.1) is 6.92 Å². The summed E-state index contributed by atoms with van der Waals surface area (Å²) in [4.78, 5) is 0.219. The van der Waals surface area contributed by atoms with Gasteiger partial charge in [0.1, 0.15) is 10.6 Å². The van der Waals surface area contributed by atoms with Crippen LogP contribution < -0.4 is 9.46 Å². The van der Waals surface area contributed by atoms with Crippen LogP contribution in [0.15, 0.2) is 23.1 Å². The Morgan fingerprint density at radius 1 is 1.10 bits per heavy atom. The number of aryl methyl sites for hydroxylation is 1. The molecule has 21 heavy (non-hydrogen) atoms. The Kier molecular flexibility index (Phi) is 7.75. The maximum absolute atomic E-state index is 12.0. The lowest BCUT2D eigenvalue weighted by Gasteiger charge is -2.12. The van der Waals surface area contributed by atoms with E-state index in [1.807, 2.05) is 13.0 Å². The quantitative estimate of drug-likeness (QED) is 0.671. The molecule has 0 saturated carbocycles. The number of benzene rings is 1. The van der Waals surface area contributed by atoms with E-state index in [0.717, 1.165) is 18.4 Å². The average molecular weight is 313 g/mol. The zero-order valence-electron chi connectivity index (χ0n) is 13.3. The van der Waals surface area contributed by atoms with Gasteiger partial charge in [0.2, 0.25) is 10.0 Å². The van der Waals surface area contributed by atoms with Gasteiger partial charge in [-0.1, -0.05) is 45.1 Å². The summed E-state index contributed by atoms with van der Waals surface area (Å²) in [6.07, 6.45) is 7.08. The Bertz CT molecular complexity index is 526. The van der Waals surface area contributed by atoms with E-state index < -0.39 is 10.0 Å². The Morgan fingerprint density at radius 3 is 2.43 bits per heavy atom. The van der Waals surface area contributed by atoms with Crippen LogP contribution in [0.4, 0.5) is 0 Å². The normalized spacial score (nSPS) is 11.6. The van der Waals surface area contributed by atoms with E-state index in [1.165, 1.54) is 32.7 Å². The summed E-state index contributed by atoms with van der Waals surface area (Å²) in [5.41, 5.74) is 0.899. The van der Waals surface area contributed by atoms with Gasteiger partial charge in [0.15, 0.2) is 0 Å². The van der Waals surface area contributed by atoms with E-state index in [0.29, 0.717) is 12.4 Å². The molecule has 0 aliphatic carbocycles. The SMILES string of the molecule is CCCCCCCCOc1ccc(C)cc1S(=O)(=O)NC. The first kappa shape index (κ1) is 18.0. The molecule has 0 atom stereocenters. The Balaban J connectivity index is 2.55. The van der Waals surface area contributed by atoms with Gasteiger partial charge in [0.25, 0.3) is 0 Å². The molecule has 0 aliphatic rings. The molecule has 0 aliphatic heterocycles. The van der Waals surface area contributed by atoms with Crippen molar-refractivity contribution in [1.29, 1.82) is 0 Å². The first-order valence-electron chi connectivity index (χ1n) is 7.68. The first-order valence-corrected chi connectivity index (χ1v) is 9.16. The van der Waals surface area contributed by atoms with Crippen LogP contribution in [0.5, 0.6) is 5.75 Å². The number of hydrogen-bond acceptors (Lipinski definition) is 3. The van der Waals surface area contributed by atoms with Gasteiger partial charge in [-0.2, -0.15) is 0 Å². The highest BCUT2D eigenvalue weighted by molar-refractivity contribution is 7.89. The topological polar surface area (TPSA) is 55.4 Å². The number of nitrogens with one attached hydrogen (secondary N) is 1. The highest BCUT2D eigenvalue weighted by Gasteiger charge is 2.17. The molecule has 4 nitrogen and oxygen atoms in total. The monoisotopic (exact) mass is 313 g/mol. The largest absolute Gasteiger partial charge is 0.492 e. The summed E-state index contributed by atoms with van der Waals surface area (Å²) in [6, 6.07) is 5.24. The molecule has 0 radical (unpaired) electrons. The summed E-state index contributed by atoms with van der Waals surface area (Å²) in [5.74, 6) is 0.434. The van der Waals surface area contributed by atoms with Crippen LogP contribution in [0.2, 0.25) is 0 Å². The first-order chi connectivity index (χ1) is 10.0. The fourth-order valence-electron chi connectivity index (χ4n) is 2.12. The van der Waals surface area contributed by atoms with Crippen molar-refractivity contribution in [3.8, 4) is 5.75 Å². The molecule has 0 unspecified atom stereocenters. The Morgan fingerprint density at radius 2 is 1.76 bits per heavy atom. The van der Waals surface area contributed by atoms with E-state index in [2.05, 4.69) is 11.6 Å². The van der Waals surface area contributed by atoms with Crippen molar-refractivity contribution in [3.63, 3.8) is 0 Å². The minimum atomic E-state index is -3.48. The molecular weight excluding hydrogens is 286 g/mol. The van der Waals surface area contributed by atoms with Gasteiger partial charge in [-0.25, -0.2) is 13.1 Å². The van der Waals surface area contributed by atoms with E-state index in [4.69, 9.17) is 4.74 Å². The summed E-state index contributed by atoms with van der Waals surface area (Å²) in [6.45, 7) is 4.62. The smallest absolute Gasteiger partial charge is 0.244 e. The average Bonchev–Trinajstić information content (AvgIpc) is 2.47. The van der Waals surface area contributed by atoms with E-state index in [1.54, 1.807) is 12.1 Å². The summed E-state index contributed by atoms with van der Waals surface area (Å²) in [5, 5.41) is 0. The second-order valence-electron chi connectivity index (χ2n) is 5.27. The number of sulfonamides is 1. The molecule has 0 aromatic heterocycles. The molecule has 120 valence electrons. The summed E-state index contributed by atoms with van der Waals surface area (Å²) < 4.78 is 32.0. The lowest BCUT2D eigenvalue weighted by molar-refractivity contribution is 0.297. The molecule has 1 aromatic rings. The lowest BCUT2D eigenvalue weighted by atomic mass is 10.1. The molecule has 1 rings (SSSR count). The molecule has 1 N–H and O–H groups in total. The van der Waals surface area contributed by atoms with E-state index in [-0.39, 0.29) is 4.90 Å². The number of rotatable bonds is 10. The Labute approximate surface area is 129 Å². The fourth-order valence-corrected chi connectivity index (χ4v) is 3.07. The molecular formula is C16H27NO3S. The van der Waals surface area contributed by atoms with Crippen LogP contribution in [0.3, 0.4) is 0 Å². The molecule has 0 saturated heterocycles. The van der Waals surface area contributed by atoms with Gasteiger partial charge >= 0.3 is 0 Å². The zero-order chi connectivity index (χ0) is 15.7. The standard InChI is InChI=1S/C16H27NO3S/c1-4-5-6-7-8-9-12-20-15-11-10-14(2)13-16(15)21(18,19)17-3/h10-11,13,17H,4-9,12H2,1-3H3.